The van der Waals surface area contributed by atoms with Crippen LogP contribution in [0, 0.1) is 0 Å². The third-order valence-electron chi connectivity index (χ3n) is 3.06. The highest BCUT2D eigenvalue weighted by Crippen LogP contribution is 2.06. The second-order valence-electron chi connectivity index (χ2n) is 4.42. The molecule has 0 spiro atoms. The number of hydrogen-bond donors (Lipinski definition) is 1. The van der Waals surface area contributed by atoms with Crippen LogP contribution in [-0.4, -0.2) is 46.5 Å². The predicted octanol–water partition coefficient (Wildman–Crippen LogP) is 0.485. The molecule has 5 nitrogen and oxygen atoms in total. The summed E-state index contributed by atoms with van der Waals surface area (Å²) in [5, 5.41) is 3.20. The Labute approximate surface area is 102 Å². The molecule has 2 heterocycles. The lowest BCUT2D eigenvalue weighted by atomic mass is 10.4. The quantitative estimate of drug-likeness (QED) is 0.731. The first kappa shape index (κ1) is 12.1. The van der Waals surface area contributed by atoms with E-state index in [2.05, 4.69) is 10.3 Å². The molecule has 0 radical (unpaired) electrons. The zero-order valence-corrected chi connectivity index (χ0v) is 10.1. The summed E-state index contributed by atoms with van der Waals surface area (Å²) in [5.74, 6) is 0.241. The monoisotopic (exact) mass is 236 g/mol. The number of amides is 1. The van der Waals surface area contributed by atoms with Crippen LogP contribution < -0.4 is 5.32 Å². The van der Waals surface area contributed by atoms with Crippen molar-refractivity contribution in [3.8, 4) is 0 Å². The van der Waals surface area contributed by atoms with Crippen LogP contribution in [0.25, 0.3) is 0 Å². The maximum atomic E-state index is 11.7. The summed E-state index contributed by atoms with van der Waals surface area (Å²) in [7, 11) is 0. The number of likely N-dealkylation sites (tertiary alicyclic amines) is 1. The third kappa shape index (κ3) is 3.85. The van der Waals surface area contributed by atoms with Crippen LogP contribution in [-0.2, 0) is 11.3 Å². The largest absolute Gasteiger partial charge is 0.342 e. The maximum Gasteiger partial charge on any atom is 0.236 e. The van der Waals surface area contributed by atoms with Crippen molar-refractivity contribution in [1.82, 2.24) is 19.8 Å². The van der Waals surface area contributed by atoms with Crippen LogP contribution in [0.15, 0.2) is 18.7 Å². The van der Waals surface area contributed by atoms with Crippen LogP contribution in [0.1, 0.15) is 19.3 Å². The van der Waals surface area contributed by atoms with Gasteiger partial charge in [0.25, 0.3) is 0 Å². The number of hydrogen-bond acceptors (Lipinski definition) is 3. The van der Waals surface area contributed by atoms with Crippen molar-refractivity contribution < 1.29 is 4.79 Å². The van der Waals surface area contributed by atoms with E-state index in [4.69, 9.17) is 0 Å². The molecule has 1 aliphatic heterocycles. The number of aryl methyl sites for hydroxylation is 1. The fraction of sp³-hybridized carbons (Fsp3) is 0.667. The molecule has 1 aliphatic rings. The summed E-state index contributed by atoms with van der Waals surface area (Å²) in [6.45, 7) is 4.18. The Bertz CT molecular complexity index is 330. The Morgan fingerprint density at radius 2 is 2.18 bits per heavy atom. The summed E-state index contributed by atoms with van der Waals surface area (Å²) >= 11 is 0. The molecule has 1 aromatic rings. The number of aromatic nitrogens is 2. The minimum atomic E-state index is 0.241. The lowest BCUT2D eigenvalue weighted by Gasteiger charge is -2.15. The summed E-state index contributed by atoms with van der Waals surface area (Å²) < 4.78 is 2.05. The summed E-state index contributed by atoms with van der Waals surface area (Å²) in [6, 6.07) is 0. The van der Waals surface area contributed by atoms with E-state index >= 15 is 0 Å². The van der Waals surface area contributed by atoms with Crippen molar-refractivity contribution >= 4 is 5.91 Å². The van der Waals surface area contributed by atoms with E-state index in [1.54, 1.807) is 6.20 Å². The lowest BCUT2D eigenvalue weighted by Crippen LogP contribution is -2.36. The van der Waals surface area contributed by atoms with E-state index in [1.165, 1.54) is 0 Å². The fourth-order valence-corrected chi connectivity index (χ4v) is 2.08. The van der Waals surface area contributed by atoms with Gasteiger partial charge in [-0.3, -0.25) is 4.79 Å². The lowest BCUT2D eigenvalue weighted by molar-refractivity contribution is -0.129. The standard InChI is InChI=1S/C12H20N4O/c17-12(16-7-1-2-8-16)10-13-4-3-6-15-9-5-14-11-15/h5,9,11,13H,1-4,6-8,10H2. The Balaban J connectivity index is 1.52. The first-order valence-electron chi connectivity index (χ1n) is 6.30. The molecule has 2 rings (SSSR count). The first-order chi connectivity index (χ1) is 8.36. The van der Waals surface area contributed by atoms with Gasteiger partial charge in [0.05, 0.1) is 12.9 Å². The molecule has 94 valence electrons. The van der Waals surface area contributed by atoms with Crippen LogP contribution in [0.4, 0.5) is 0 Å². The molecule has 1 amide bonds. The van der Waals surface area contributed by atoms with E-state index in [1.807, 2.05) is 22.0 Å². The Hall–Kier alpha value is -1.36. The fourth-order valence-electron chi connectivity index (χ4n) is 2.08. The van der Waals surface area contributed by atoms with Gasteiger partial charge in [-0.05, 0) is 25.8 Å². The van der Waals surface area contributed by atoms with Crippen LogP contribution in [0.2, 0.25) is 0 Å². The Kier molecular flexibility index (Phi) is 4.55. The van der Waals surface area contributed by atoms with Gasteiger partial charge in [-0.2, -0.15) is 0 Å². The molecule has 5 heteroatoms. The molecule has 1 fully saturated rings. The second-order valence-corrected chi connectivity index (χ2v) is 4.42. The molecule has 0 saturated carbocycles. The molecule has 1 saturated heterocycles. The molecule has 0 bridgehead atoms. The van der Waals surface area contributed by atoms with Crippen LogP contribution in [0.3, 0.4) is 0 Å². The van der Waals surface area contributed by atoms with Gasteiger partial charge in [0.15, 0.2) is 0 Å². The van der Waals surface area contributed by atoms with Crippen LogP contribution in [0.5, 0.6) is 0 Å². The summed E-state index contributed by atoms with van der Waals surface area (Å²) in [6.07, 6.45) is 8.89. The van der Waals surface area contributed by atoms with Gasteiger partial charge < -0.3 is 14.8 Å². The number of nitrogens with zero attached hydrogens (tertiary/aromatic N) is 3. The van der Waals surface area contributed by atoms with Crippen molar-refractivity contribution in [3.05, 3.63) is 18.7 Å². The topological polar surface area (TPSA) is 50.2 Å². The molecule has 17 heavy (non-hydrogen) atoms. The molecular weight excluding hydrogens is 216 g/mol. The minimum absolute atomic E-state index is 0.241. The molecular formula is C12H20N4O. The van der Waals surface area contributed by atoms with Crippen molar-refractivity contribution in [3.63, 3.8) is 0 Å². The van der Waals surface area contributed by atoms with Crippen LogP contribution >= 0.6 is 0 Å². The van der Waals surface area contributed by atoms with Crippen molar-refractivity contribution in [2.75, 3.05) is 26.2 Å². The zero-order valence-electron chi connectivity index (χ0n) is 10.1. The van der Waals surface area contributed by atoms with Gasteiger partial charge in [0, 0.05) is 32.0 Å². The van der Waals surface area contributed by atoms with E-state index in [0.29, 0.717) is 6.54 Å². The first-order valence-corrected chi connectivity index (χ1v) is 6.30. The van der Waals surface area contributed by atoms with E-state index in [0.717, 1.165) is 45.4 Å². The second kappa shape index (κ2) is 6.39. The number of carbonyl (C=O) groups excluding carboxylic acids is 1. The highest BCUT2D eigenvalue weighted by molar-refractivity contribution is 5.78. The highest BCUT2D eigenvalue weighted by atomic mass is 16.2. The zero-order chi connectivity index (χ0) is 11.9. The van der Waals surface area contributed by atoms with Gasteiger partial charge in [0.1, 0.15) is 0 Å². The number of nitrogens with one attached hydrogen (secondary N) is 1. The Morgan fingerprint density at radius 1 is 1.35 bits per heavy atom. The molecule has 1 aromatic heterocycles. The van der Waals surface area contributed by atoms with Crippen molar-refractivity contribution in [2.45, 2.75) is 25.8 Å². The molecule has 0 unspecified atom stereocenters. The summed E-state index contributed by atoms with van der Waals surface area (Å²) in [4.78, 5) is 17.6. The van der Waals surface area contributed by atoms with Crippen molar-refractivity contribution in [2.24, 2.45) is 0 Å². The smallest absolute Gasteiger partial charge is 0.236 e. The van der Waals surface area contributed by atoms with Gasteiger partial charge in [-0.15, -0.1) is 0 Å². The predicted molar refractivity (Wildman–Crippen MR) is 65.5 cm³/mol. The van der Waals surface area contributed by atoms with E-state index in [-0.39, 0.29) is 5.91 Å². The van der Waals surface area contributed by atoms with Gasteiger partial charge in [-0.25, -0.2) is 4.98 Å². The van der Waals surface area contributed by atoms with E-state index < -0.39 is 0 Å². The third-order valence-corrected chi connectivity index (χ3v) is 3.06. The number of rotatable bonds is 6. The number of carbonyl (C=O) groups is 1. The molecule has 0 aromatic carbocycles. The van der Waals surface area contributed by atoms with Crippen molar-refractivity contribution in [1.29, 1.82) is 0 Å². The summed E-state index contributed by atoms with van der Waals surface area (Å²) in [5.41, 5.74) is 0. The molecule has 0 aliphatic carbocycles. The normalized spacial score (nSPS) is 15.4. The molecule has 1 N–H and O–H groups in total. The van der Waals surface area contributed by atoms with Gasteiger partial charge in [0.2, 0.25) is 5.91 Å². The van der Waals surface area contributed by atoms with E-state index in [9.17, 15) is 4.79 Å². The van der Waals surface area contributed by atoms with Gasteiger partial charge >= 0.3 is 0 Å². The number of imidazole rings is 1. The minimum Gasteiger partial charge on any atom is -0.342 e. The Morgan fingerprint density at radius 3 is 2.88 bits per heavy atom. The molecule has 0 atom stereocenters. The highest BCUT2D eigenvalue weighted by Gasteiger charge is 2.16. The SMILES string of the molecule is O=C(CNCCCn1ccnc1)N1CCCC1. The average Bonchev–Trinajstić information content (AvgIpc) is 3.01. The van der Waals surface area contributed by atoms with Gasteiger partial charge in [-0.1, -0.05) is 0 Å². The average molecular weight is 236 g/mol. The maximum absolute atomic E-state index is 11.7.